The number of carbonyl (C=O) groups excluding carboxylic acids is 1. The van der Waals surface area contributed by atoms with E-state index in [1.165, 1.54) is 0 Å². The minimum Gasteiger partial charge on any atom is -0.338 e. The number of fused-ring (bicyclic) bond motifs is 1. The molecule has 0 aliphatic carbocycles. The minimum atomic E-state index is 0. The number of likely N-dealkylation sites (tertiary alicyclic amines) is 1. The Balaban J connectivity index is 0.00000144. The summed E-state index contributed by atoms with van der Waals surface area (Å²) in [4.78, 5) is 14.6. The number of aromatic nitrogens is 2. The van der Waals surface area contributed by atoms with Crippen molar-refractivity contribution in [3.05, 3.63) is 48.3 Å². The van der Waals surface area contributed by atoms with E-state index in [0.29, 0.717) is 11.8 Å². The first-order valence-electron chi connectivity index (χ1n) is 7.41. The van der Waals surface area contributed by atoms with Crippen LogP contribution in [0.15, 0.2) is 42.7 Å². The van der Waals surface area contributed by atoms with Gasteiger partial charge in [-0.3, -0.25) is 4.79 Å². The summed E-state index contributed by atoms with van der Waals surface area (Å²) in [5.74, 6) is 1.42. The number of hydrogen-bond acceptors (Lipinski definition) is 3. The molecule has 2 saturated heterocycles. The summed E-state index contributed by atoms with van der Waals surface area (Å²) in [6.45, 7) is 3.87. The quantitative estimate of drug-likeness (QED) is 0.915. The van der Waals surface area contributed by atoms with Crippen molar-refractivity contribution in [3.8, 4) is 5.69 Å². The van der Waals surface area contributed by atoms with Gasteiger partial charge in [0.2, 0.25) is 0 Å². The van der Waals surface area contributed by atoms with E-state index < -0.39 is 0 Å². The molecule has 2 aliphatic heterocycles. The zero-order valence-electron chi connectivity index (χ0n) is 12.2. The van der Waals surface area contributed by atoms with Crippen LogP contribution in [0.2, 0.25) is 0 Å². The molecule has 5 nitrogen and oxygen atoms in total. The predicted octanol–water partition coefficient (Wildman–Crippen LogP) is 1.59. The second-order valence-electron chi connectivity index (χ2n) is 5.89. The highest BCUT2D eigenvalue weighted by Gasteiger charge is 2.38. The molecular weight excluding hydrogens is 300 g/mol. The highest BCUT2D eigenvalue weighted by Crippen LogP contribution is 2.27. The van der Waals surface area contributed by atoms with Gasteiger partial charge in [-0.15, -0.1) is 12.4 Å². The Labute approximate surface area is 135 Å². The van der Waals surface area contributed by atoms with Gasteiger partial charge in [0, 0.05) is 44.1 Å². The zero-order valence-corrected chi connectivity index (χ0v) is 13.0. The number of rotatable bonds is 2. The number of amides is 1. The van der Waals surface area contributed by atoms with Gasteiger partial charge in [0.15, 0.2) is 0 Å². The Kier molecular flexibility index (Phi) is 4.18. The predicted molar refractivity (Wildman–Crippen MR) is 86.6 cm³/mol. The van der Waals surface area contributed by atoms with Crippen LogP contribution < -0.4 is 5.32 Å². The third kappa shape index (κ3) is 2.62. The van der Waals surface area contributed by atoms with Crippen LogP contribution in [0.5, 0.6) is 0 Å². The van der Waals surface area contributed by atoms with Crippen LogP contribution >= 0.6 is 12.4 Å². The molecule has 1 amide bonds. The molecule has 1 N–H and O–H groups in total. The molecule has 6 heteroatoms. The lowest BCUT2D eigenvalue weighted by Crippen LogP contribution is -2.31. The maximum Gasteiger partial charge on any atom is 0.253 e. The van der Waals surface area contributed by atoms with Crippen molar-refractivity contribution in [1.82, 2.24) is 20.0 Å². The number of halogens is 1. The molecule has 116 valence electrons. The summed E-state index contributed by atoms with van der Waals surface area (Å²) in [5.41, 5.74) is 1.73. The molecule has 2 atom stereocenters. The van der Waals surface area contributed by atoms with Gasteiger partial charge in [-0.2, -0.15) is 5.10 Å². The number of carbonyl (C=O) groups is 1. The van der Waals surface area contributed by atoms with Crippen molar-refractivity contribution in [1.29, 1.82) is 0 Å². The second kappa shape index (κ2) is 6.10. The first-order chi connectivity index (χ1) is 10.3. The molecule has 0 saturated carbocycles. The van der Waals surface area contributed by atoms with E-state index in [-0.39, 0.29) is 18.3 Å². The topological polar surface area (TPSA) is 50.2 Å². The number of hydrogen-bond donors (Lipinski definition) is 1. The molecule has 22 heavy (non-hydrogen) atoms. The molecule has 1 aromatic carbocycles. The first kappa shape index (κ1) is 15.1. The normalized spacial score (nSPS) is 23.2. The van der Waals surface area contributed by atoms with Crippen molar-refractivity contribution in [2.45, 2.75) is 0 Å². The Morgan fingerprint density at radius 1 is 1.14 bits per heavy atom. The Morgan fingerprint density at radius 3 is 2.41 bits per heavy atom. The van der Waals surface area contributed by atoms with Crippen molar-refractivity contribution in [2.24, 2.45) is 11.8 Å². The van der Waals surface area contributed by atoms with Crippen LogP contribution in [-0.4, -0.2) is 46.8 Å². The van der Waals surface area contributed by atoms with Crippen molar-refractivity contribution < 1.29 is 4.79 Å². The molecule has 2 aromatic rings. The lowest BCUT2D eigenvalue weighted by molar-refractivity contribution is 0.0781. The molecule has 2 aliphatic rings. The highest BCUT2D eigenvalue weighted by atomic mass is 35.5. The average molecular weight is 319 g/mol. The Morgan fingerprint density at radius 2 is 1.82 bits per heavy atom. The van der Waals surface area contributed by atoms with Gasteiger partial charge in [-0.1, -0.05) is 0 Å². The van der Waals surface area contributed by atoms with Gasteiger partial charge >= 0.3 is 0 Å². The number of benzene rings is 1. The van der Waals surface area contributed by atoms with Gasteiger partial charge in [-0.25, -0.2) is 4.68 Å². The van der Waals surface area contributed by atoms with Gasteiger partial charge in [0.05, 0.1) is 5.69 Å². The molecular formula is C16H19ClN4O. The first-order valence-corrected chi connectivity index (χ1v) is 7.41. The smallest absolute Gasteiger partial charge is 0.253 e. The van der Waals surface area contributed by atoms with Gasteiger partial charge < -0.3 is 10.2 Å². The molecule has 1 aromatic heterocycles. The lowest BCUT2D eigenvalue weighted by atomic mass is 10.0. The lowest BCUT2D eigenvalue weighted by Gasteiger charge is -2.17. The summed E-state index contributed by atoms with van der Waals surface area (Å²) in [7, 11) is 0. The fraction of sp³-hybridized carbons (Fsp3) is 0.375. The fourth-order valence-electron chi connectivity index (χ4n) is 3.38. The Bertz CT molecular complexity index is 629. The van der Waals surface area contributed by atoms with Crippen LogP contribution in [0, 0.1) is 11.8 Å². The standard InChI is InChI=1S/C16H18N4O.ClH/c21-16(19-10-13-8-17-9-14(13)11-19)12-2-4-15(5-3-12)20-7-1-6-18-20;/h1-7,13-14,17H,8-11H2;1H/t13-,14+;. The summed E-state index contributed by atoms with van der Waals surface area (Å²) < 4.78 is 1.79. The maximum absolute atomic E-state index is 12.6. The Hall–Kier alpha value is -1.85. The fourth-order valence-corrected chi connectivity index (χ4v) is 3.38. The second-order valence-corrected chi connectivity index (χ2v) is 5.89. The van der Waals surface area contributed by atoms with E-state index in [1.807, 2.05) is 41.4 Å². The van der Waals surface area contributed by atoms with E-state index in [2.05, 4.69) is 10.4 Å². The van der Waals surface area contributed by atoms with E-state index in [4.69, 9.17) is 0 Å². The monoisotopic (exact) mass is 318 g/mol. The molecule has 2 fully saturated rings. The van der Waals surface area contributed by atoms with E-state index >= 15 is 0 Å². The van der Waals surface area contributed by atoms with Crippen LogP contribution in [0.4, 0.5) is 0 Å². The molecule has 0 unspecified atom stereocenters. The van der Waals surface area contributed by atoms with E-state index in [1.54, 1.807) is 10.9 Å². The third-order valence-corrected chi connectivity index (χ3v) is 4.56. The zero-order chi connectivity index (χ0) is 14.2. The van der Waals surface area contributed by atoms with E-state index in [9.17, 15) is 4.79 Å². The van der Waals surface area contributed by atoms with E-state index in [0.717, 1.165) is 37.4 Å². The highest BCUT2D eigenvalue weighted by molar-refractivity contribution is 5.94. The number of nitrogens with one attached hydrogen (secondary N) is 1. The van der Waals surface area contributed by atoms with Crippen LogP contribution in [0.25, 0.3) is 5.69 Å². The molecule has 0 spiro atoms. The molecule has 4 rings (SSSR count). The minimum absolute atomic E-state index is 0. The summed E-state index contributed by atoms with van der Waals surface area (Å²) >= 11 is 0. The van der Waals surface area contributed by atoms with Crippen molar-refractivity contribution >= 4 is 18.3 Å². The average Bonchev–Trinajstić information content (AvgIpc) is 3.23. The van der Waals surface area contributed by atoms with Crippen LogP contribution in [-0.2, 0) is 0 Å². The van der Waals surface area contributed by atoms with Gasteiger partial charge in [-0.05, 0) is 42.2 Å². The largest absolute Gasteiger partial charge is 0.338 e. The molecule has 0 bridgehead atoms. The van der Waals surface area contributed by atoms with Crippen molar-refractivity contribution in [3.63, 3.8) is 0 Å². The molecule has 0 radical (unpaired) electrons. The van der Waals surface area contributed by atoms with Gasteiger partial charge in [0.1, 0.15) is 0 Å². The molecule has 3 heterocycles. The number of nitrogens with zero attached hydrogens (tertiary/aromatic N) is 3. The maximum atomic E-state index is 12.6. The SMILES string of the molecule is Cl.O=C(c1ccc(-n2cccn2)cc1)N1C[C@H]2CNC[C@H]2C1. The van der Waals surface area contributed by atoms with Crippen molar-refractivity contribution in [2.75, 3.05) is 26.2 Å². The van der Waals surface area contributed by atoms with Gasteiger partial charge in [0.25, 0.3) is 5.91 Å². The summed E-state index contributed by atoms with van der Waals surface area (Å²) in [5, 5.41) is 7.59. The summed E-state index contributed by atoms with van der Waals surface area (Å²) in [6, 6.07) is 9.56. The van der Waals surface area contributed by atoms with Crippen LogP contribution in [0.3, 0.4) is 0 Å². The third-order valence-electron chi connectivity index (χ3n) is 4.56. The van der Waals surface area contributed by atoms with Crippen LogP contribution in [0.1, 0.15) is 10.4 Å². The summed E-state index contributed by atoms with van der Waals surface area (Å²) in [6.07, 6.45) is 3.64.